The van der Waals surface area contributed by atoms with Crippen LogP contribution >= 0.6 is 0 Å². The predicted molar refractivity (Wildman–Crippen MR) is 193 cm³/mol. The van der Waals surface area contributed by atoms with Gasteiger partial charge in [0.25, 0.3) is 0 Å². The number of Topliss-reactive ketones (excluding diaryl/α,β-unsaturated/α-hetero) is 1. The van der Waals surface area contributed by atoms with Crippen LogP contribution in [0.5, 0.6) is 0 Å². The lowest BCUT2D eigenvalue weighted by Crippen LogP contribution is -2.60. The van der Waals surface area contributed by atoms with Crippen molar-refractivity contribution in [2.24, 2.45) is 23.5 Å². The van der Waals surface area contributed by atoms with E-state index < -0.39 is 42.2 Å². The van der Waals surface area contributed by atoms with E-state index in [0.717, 1.165) is 43.3 Å². The van der Waals surface area contributed by atoms with Crippen molar-refractivity contribution >= 4 is 5.78 Å². The number of carbonyl (C=O) groups is 1. The van der Waals surface area contributed by atoms with Crippen LogP contribution in [0.4, 0.5) is 0 Å². The number of carbonyl (C=O) groups excluding carboxylic acids is 1. The van der Waals surface area contributed by atoms with E-state index in [2.05, 4.69) is 20.1 Å². The van der Waals surface area contributed by atoms with Crippen molar-refractivity contribution in [3.63, 3.8) is 0 Å². The number of aliphatic hydroxyl groups is 3. The Morgan fingerprint density at radius 1 is 0.830 bits per heavy atom. The molecule has 11 fully saturated rings. The maximum atomic E-state index is 13.9. The van der Waals surface area contributed by atoms with Gasteiger partial charge in [0.1, 0.15) is 24.1 Å². The summed E-state index contributed by atoms with van der Waals surface area (Å²) in [5, 5.41) is 33.9. The van der Waals surface area contributed by atoms with Gasteiger partial charge in [-0.25, -0.2) is 0 Å². The molecule has 10 saturated heterocycles. The maximum absolute atomic E-state index is 13.9. The van der Waals surface area contributed by atoms with Gasteiger partial charge in [-0.2, -0.15) is 0 Å². The first-order chi connectivity index (χ1) is 25.4. The van der Waals surface area contributed by atoms with Crippen LogP contribution in [-0.2, 0) is 38.0 Å². The Bertz CT molecular complexity index is 1360. The monoisotopic (exact) mass is 745 g/mol. The molecule has 1 saturated carbocycles. The summed E-state index contributed by atoms with van der Waals surface area (Å²) < 4.78 is 45.6. The molecule has 10 aliphatic heterocycles. The summed E-state index contributed by atoms with van der Waals surface area (Å²) in [6.07, 6.45) is 2.99. The van der Waals surface area contributed by atoms with E-state index in [1.807, 2.05) is 0 Å². The standard InChI is InChI=1S/C41H63NO11/c1-20-11-25-5-7-30-21(2)12-27(48-30)9-10-41(46)17-29-35(18-41)53-40-36(45)39-31(52-38(29)40)8-6-26(50-39)13-23(43)14-28-33(16-32(49-25)22(20)3)51-34(37(28)47-4)15-24(44)19-42/h20,24-40,44-46H,2-3,5-19,42H2,1,4H3/t20-,24+,25+,26-,27+,28+,29+,30+,31+,32-,33+,34-,35-,36+,37-,38+,39+,40+,41+/m1/s1. The average molecular weight is 746 g/mol. The van der Waals surface area contributed by atoms with Crippen molar-refractivity contribution < 1.29 is 53.3 Å². The molecule has 1 aliphatic carbocycles. The van der Waals surface area contributed by atoms with E-state index >= 15 is 0 Å². The number of ether oxygens (including phenoxy) is 7. The van der Waals surface area contributed by atoms with Gasteiger partial charge in [-0.15, -0.1) is 0 Å². The van der Waals surface area contributed by atoms with E-state index in [9.17, 15) is 20.1 Å². The number of fused-ring (bicyclic) bond motifs is 1. The molecule has 12 heteroatoms. The first-order valence-electron chi connectivity index (χ1n) is 20.5. The molecule has 5 N–H and O–H groups in total. The van der Waals surface area contributed by atoms with Gasteiger partial charge < -0.3 is 54.2 Å². The highest BCUT2D eigenvalue weighted by Gasteiger charge is 2.62. The molecule has 12 nitrogen and oxygen atoms in total. The molecule has 0 aromatic rings. The summed E-state index contributed by atoms with van der Waals surface area (Å²) >= 11 is 0. The fraction of sp³-hybridized carbons (Fsp3) is 0.878. The minimum absolute atomic E-state index is 0.00415. The molecular weight excluding hydrogens is 682 g/mol. The van der Waals surface area contributed by atoms with Crippen LogP contribution in [-0.4, -0.2) is 132 Å². The number of methoxy groups -OCH3 is 1. The lowest BCUT2D eigenvalue weighted by atomic mass is 9.81. The first kappa shape index (κ1) is 38.6. The molecule has 0 amide bonds. The third-order valence-corrected chi connectivity index (χ3v) is 14.3. The second-order valence-corrected chi connectivity index (χ2v) is 17.9. The molecule has 0 aromatic heterocycles. The summed E-state index contributed by atoms with van der Waals surface area (Å²) in [5.41, 5.74) is 7.06. The zero-order valence-corrected chi connectivity index (χ0v) is 31.6. The second-order valence-electron chi connectivity index (χ2n) is 17.9. The third-order valence-electron chi connectivity index (χ3n) is 14.3. The van der Waals surface area contributed by atoms with Crippen LogP contribution in [0.3, 0.4) is 0 Å². The average Bonchev–Trinajstić information content (AvgIpc) is 3.84. The van der Waals surface area contributed by atoms with Crippen molar-refractivity contribution in [1.29, 1.82) is 0 Å². The molecule has 298 valence electrons. The van der Waals surface area contributed by atoms with Crippen molar-refractivity contribution in [3.8, 4) is 0 Å². The van der Waals surface area contributed by atoms with E-state index in [0.29, 0.717) is 44.9 Å². The first-order valence-corrected chi connectivity index (χ1v) is 20.5. The van der Waals surface area contributed by atoms with Crippen molar-refractivity contribution in [3.05, 3.63) is 24.3 Å². The van der Waals surface area contributed by atoms with Gasteiger partial charge in [-0.3, -0.25) is 4.79 Å². The molecule has 0 radical (unpaired) electrons. The Balaban J connectivity index is 1.03. The number of aliphatic hydroxyl groups excluding tert-OH is 2. The summed E-state index contributed by atoms with van der Waals surface area (Å²) in [5.74, 6) is 0.0370. The van der Waals surface area contributed by atoms with Crippen LogP contribution in [0.2, 0.25) is 0 Å². The van der Waals surface area contributed by atoms with Gasteiger partial charge in [-0.05, 0) is 74.9 Å². The number of hydrogen-bond donors (Lipinski definition) is 4. The molecule has 12 bridgehead atoms. The fourth-order valence-electron chi connectivity index (χ4n) is 11.4. The lowest BCUT2D eigenvalue weighted by molar-refractivity contribution is -0.259. The van der Waals surface area contributed by atoms with Crippen LogP contribution in [0, 0.1) is 17.8 Å². The number of ketones is 1. The van der Waals surface area contributed by atoms with Crippen LogP contribution in [0.1, 0.15) is 96.8 Å². The number of rotatable bonds is 4. The molecule has 0 spiro atoms. The quantitative estimate of drug-likeness (QED) is 0.311. The second kappa shape index (κ2) is 15.6. The van der Waals surface area contributed by atoms with Gasteiger partial charge in [0, 0.05) is 57.6 Å². The van der Waals surface area contributed by atoms with Gasteiger partial charge in [0.2, 0.25) is 0 Å². The van der Waals surface area contributed by atoms with Gasteiger partial charge in [-0.1, -0.05) is 20.1 Å². The summed E-state index contributed by atoms with van der Waals surface area (Å²) in [6, 6.07) is 0. The molecule has 11 rings (SSSR count). The smallest absolute Gasteiger partial charge is 0.135 e. The molecule has 11 aliphatic rings. The normalized spacial score (nSPS) is 51.1. The summed E-state index contributed by atoms with van der Waals surface area (Å²) in [7, 11) is 1.64. The Hall–Kier alpha value is -1.29. The zero-order chi connectivity index (χ0) is 37.2. The Morgan fingerprint density at radius 2 is 1.58 bits per heavy atom. The highest BCUT2D eigenvalue weighted by Crippen LogP contribution is 2.52. The zero-order valence-electron chi connectivity index (χ0n) is 31.6. The number of nitrogens with two attached hydrogens (primary N) is 1. The van der Waals surface area contributed by atoms with Gasteiger partial charge in [0.15, 0.2) is 0 Å². The Morgan fingerprint density at radius 3 is 2.38 bits per heavy atom. The molecule has 53 heavy (non-hydrogen) atoms. The SMILES string of the molecule is C=C1C[C@@H]2CC[C@]3(O)C[C@@H]4[C@@H]5O[C@H]6CC[C@H](CC(=O)C[C@@H]7[C@@H](OC)[C@@H](C[C@H](O)CN)O[C@H]7C[C@H]7O[C@@H](CC[C@@H]1O2)C[C@@H](C)C7=C)O[C@@H]6[C@H](O)[C@@H]5O[C@@H]4C3. The Labute approximate surface area is 314 Å². The molecule has 0 unspecified atom stereocenters. The molecule has 10 heterocycles. The summed E-state index contributed by atoms with van der Waals surface area (Å²) in [6.45, 7) is 11.1. The van der Waals surface area contributed by atoms with Crippen LogP contribution < -0.4 is 5.73 Å². The topological polar surface area (TPSA) is 168 Å². The third kappa shape index (κ3) is 7.74. The minimum Gasteiger partial charge on any atom is -0.392 e. The van der Waals surface area contributed by atoms with Crippen LogP contribution in [0.15, 0.2) is 24.3 Å². The van der Waals surface area contributed by atoms with E-state index in [-0.39, 0.29) is 97.9 Å². The molecule has 19 atom stereocenters. The van der Waals surface area contributed by atoms with Crippen molar-refractivity contribution in [2.45, 2.75) is 194 Å². The maximum Gasteiger partial charge on any atom is 0.135 e. The minimum atomic E-state index is -0.880. The van der Waals surface area contributed by atoms with Crippen molar-refractivity contribution in [1.82, 2.24) is 0 Å². The predicted octanol–water partition coefficient (Wildman–Crippen LogP) is 3.06. The lowest BCUT2D eigenvalue weighted by Gasteiger charge is -2.47. The summed E-state index contributed by atoms with van der Waals surface area (Å²) in [4.78, 5) is 13.9. The van der Waals surface area contributed by atoms with Crippen molar-refractivity contribution in [2.75, 3.05) is 13.7 Å². The van der Waals surface area contributed by atoms with E-state index in [4.69, 9.17) is 38.9 Å². The van der Waals surface area contributed by atoms with E-state index in [1.165, 1.54) is 0 Å². The fourth-order valence-corrected chi connectivity index (χ4v) is 11.4. The Kier molecular flexibility index (Phi) is 11.3. The van der Waals surface area contributed by atoms with Gasteiger partial charge >= 0.3 is 0 Å². The highest BCUT2D eigenvalue weighted by atomic mass is 16.6. The highest BCUT2D eigenvalue weighted by molar-refractivity contribution is 5.79. The molecule has 0 aromatic carbocycles. The van der Waals surface area contributed by atoms with Crippen LogP contribution in [0.25, 0.3) is 0 Å². The number of hydrogen-bond acceptors (Lipinski definition) is 12. The molecular formula is C41H63NO11. The largest absolute Gasteiger partial charge is 0.392 e. The van der Waals surface area contributed by atoms with E-state index in [1.54, 1.807) is 7.11 Å². The van der Waals surface area contributed by atoms with Gasteiger partial charge in [0.05, 0.1) is 78.8 Å².